The van der Waals surface area contributed by atoms with Gasteiger partial charge >= 0.3 is 0 Å². The summed E-state index contributed by atoms with van der Waals surface area (Å²) in [6.07, 6.45) is 1.93. The molecule has 0 fully saturated rings. The van der Waals surface area contributed by atoms with E-state index in [0.717, 1.165) is 18.9 Å². The first-order valence-corrected chi connectivity index (χ1v) is 5.24. The van der Waals surface area contributed by atoms with Gasteiger partial charge in [0.25, 0.3) is 5.69 Å². The minimum Gasteiger partial charge on any atom is -0.379 e. The zero-order valence-corrected chi connectivity index (χ0v) is 9.42. The largest absolute Gasteiger partial charge is 0.379 e. The normalized spacial score (nSPS) is 10.2. The Hall–Kier alpha value is -1.65. The van der Waals surface area contributed by atoms with Crippen LogP contribution in [0.5, 0.6) is 0 Å². The number of rotatable bonds is 5. The minimum absolute atomic E-state index is 0.209. The lowest BCUT2D eigenvalue weighted by atomic mass is 10.1. The molecule has 0 heterocycles. The van der Waals surface area contributed by atoms with Gasteiger partial charge in [0.1, 0.15) is 11.5 Å². The van der Waals surface area contributed by atoms with E-state index >= 15 is 0 Å². The molecule has 0 aliphatic heterocycles. The Morgan fingerprint density at radius 1 is 1.50 bits per heavy atom. The van der Waals surface area contributed by atoms with Crippen molar-refractivity contribution in [1.29, 1.82) is 0 Å². The summed E-state index contributed by atoms with van der Waals surface area (Å²) >= 11 is 0. The third-order valence-electron chi connectivity index (χ3n) is 2.32. The van der Waals surface area contributed by atoms with Gasteiger partial charge in [-0.3, -0.25) is 10.1 Å². The highest BCUT2D eigenvalue weighted by Crippen LogP contribution is 2.27. The van der Waals surface area contributed by atoms with Crippen LogP contribution in [0.2, 0.25) is 0 Å². The second-order valence-electron chi connectivity index (χ2n) is 3.66. The van der Waals surface area contributed by atoms with Crippen molar-refractivity contribution in [1.82, 2.24) is 0 Å². The lowest BCUT2D eigenvalue weighted by molar-refractivity contribution is -0.384. The van der Waals surface area contributed by atoms with E-state index in [2.05, 4.69) is 5.32 Å². The predicted octanol–water partition coefficient (Wildman–Crippen LogP) is 3.25. The number of halogens is 1. The maximum Gasteiger partial charge on any atom is 0.295 e. The summed E-state index contributed by atoms with van der Waals surface area (Å²) in [6, 6.07) is 2.44. The molecule has 1 aromatic carbocycles. The van der Waals surface area contributed by atoms with Gasteiger partial charge in [-0.05, 0) is 25.0 Å². The standard InChI is InChI=1S/C11H15FN2O2/c1-3-4-5-13-10-6-8(2)9(12)7-11(10)14(15)16/h6-7,13H,3-5H2,1-2H3. The fraction of sp³-hybridized carbons (Fsp3) is 0.455. The van der Waals surface area contributed by atoms with Gasteiger partial charge in [0.2, 0.25) is 0 Å². The van der Waals surface area contributed by atoms with E-state index < -0.39 is 10.7 Å². The maximum absolute atomic E-state index is 13.2. The van der Waals surface area contributed by atoms with Crippen molar-refractivity contribution in [3.8, 4) is 0 Å². The zero-order valence-electron chi connectivity index (χ0n) is 9.42. The number of hydrogen-bond donors (Lipinski definition) is 1. The van der Waals surface area contributed by atoms with Gasteiger partial charge in [0, 0.05) is 6.54 Å². The van der Waals surface area contributed by atoms with Gasteiger partial charge in [-0.1, -0.05) is 13.3 Å². The van der Waals surface area contributed by atoms with Crippen molar-refractivity contribution in [3.05, 3.63) is 33.6 Å². The Balaban J connectivity index is 2.95. The molecular formula is C11H15FN2O2. The minimum atomic E-state index is -0.573. The third-order valence-corrected chi connectivity index (χ3v) is 2.32. The van der Waals surface area contributed by atoms with Crippen LogP contribution in [0, 0.1) is 22.9 Å². The molecule has 16 heavy (non-hydrogen) atoms. The van der Waals surface area contributed by atoms with E-state index in [1.165, 1.54) is 6.07 Å². The summed E-state index contributed by atoms with van der Waals surface area (Å²) in [5.74, 6) is -0.548. The maximum atomic E-state index is 13.2. The van der Waals surface area contributed by atoms with Gasteiger partial charge < -0.3 is 5.32 Å². The Kier molecular flexibility index (Phi) is 4.22. The van der Waals surface area contributed by atoms with E-state index in [-0.39, 0.29) is 5.69 Å². The highest BCUT2D eigenvalue weighted by atomic mass is 19.1. The summed E-state index contributed by atoms with van der Waals surface area (Å²) in [5.41, 5.74) is 0.584. The van der Waals surface area contributed by atoms with Crippen molar-refractivity contribution in [2.24, 2.45) is 0 Å². The van der Waals surface area contributed by atoms with Gasteiger partial charge in [-0.25, -0.2) is 4.39 Å². The predicted molar refractivity (Wildman–Crippen MR) is 61.2 cm³/mol. The van der Waals surface area contributed by atoms with Gasteiger partial charge in [-0.2, -0.15) is 0 Å². The van der Waals surface area contributed by atoms with Gasteiger partial charge in [0.05, 0.1) is 11.0 Å². The molecule has 0 unspecified atom stereocenters. The fourth-order valence-corrected chi connectivity index (χ4v) is 1.36. The Labute approximate surface area is 93.6 Å². The van der Waals surface area contributed by atoms with Crippen LogP contribution in [0.4, 0.5) is 15.8 Å². The fourth-order valence-electron chi connectivity index (χ4n) is 1.36. The SMILES string of the molecule is CCCCNc1cc(C)c(F)cc1[N+](=O)[O-]. The molecule has 0 aliphatic rings. The number of anilines is 1. The van der Waals surface area contributed by atoms with Crippen LogP contribution in [0.1, 0.15) is 25.3 Å². The molecule has 88 valence electrons. The van der Waals surface area contributed by atoms with Crippen LogP contribution in [0.15, 0.2) is 12.1 Å². The third kappa shape index (κ3) is 2.92. The number of nitro benzene ring substituents is 1. The topological polar surface area (TPSA) is 55.2 Å². The summed E-state index contributed by atoms with van der Waals surface area (Å²) in [4.78, 5) is 10.1. The first-order chi connectivity index (χ1) is 7.56. The van der Waals surface area contributed by atoms with Crippen molar-refractivity contribution < 1.29 is 9.31 Å². The molecule has 4 nitrogen and oxygen atoms in total. The quantitative estimate of drug-likeness (QED) is 0.476. The van der Waals surface area contributed by atoms with E-state index in [9.17, 15) is 14.5 Å². The van der Waals surface area contributed by atoms with Crippen molar-refractivity contribution >= 4 is 11.4 Å². The lowest BCUT2D eigenvalue weighted by Crippen LogP contribution is -2.05. The summed E-state index contributed by atoms with van der Waals surface area (Å²) in [5, 5.41) is 13.7. The Bertz CT molecular complexity index is 394. The smallest absolute Gasteiger partial charge is 0.295 e. The molecule has 1 aromatic rings. The number of nitrogens with zero attached hydrogens (tertiary/aromatic N) is 1. The summed E-state index contributed by atoms with van der Waals surface area (Å²) < 4.78 is 13.2. The summed E-state index contributed by atoms with van der Waals surface area (Å²) in [7, 11) is 0. The number of nitrogens with one attached hydrogen (secondary N) is 1. The molecule has 0 aromatic heterocycles. The number of aryl methyl sites for hydroxylation is 1. The summed E-state index contributed by atoms with van der Waals surface area (Å²) in [6.45, 7) is 4.28. The molecule has 0 spiro atoms. The molecule has 0 saturated heterocycles. The van der Waals surface area contributed by atoms with E-state index in [1.807, 2.05) is 6.92 Å². The number of benzene rings is 1. The zero-order chi connectivity index (χ0) is 12.1. The first-order valence-electron chi connectivity index (χ1n) is 5.24. The van der Waals surface area contributed by atoms with Crippen LogP contribution in [-0.2, 0) is 0 Å². The van der Waals surface area contributed by atoms with Crippen LogP contribution in [-0.4, -0.2) is 11.5 Å². The molecule has 0 bridgehead atoms. The van der Waals surface area contributed by atoms with Crippen molar-refractivity contribution in [2.75, 3.05) is 11.9 Å². The van der Waals surface area contributed by atoms with E-state index in [1.54, 1.807) is 6.92 Å². The molecule has 1 N–H and O–H groups in total. The highest BCUT2D eigenvalue weighted by Gasteiger charge is 2.16. The number of hydrogen-bond acceptors (Lipinski definition) is 3. The second kappa shape index (κ2) is 5.44. The molecule has 0 aliphatic carbocycles. The highest BCUT2D eigenvalue weighted by molar-refractivity contribution is 5.63. The molecule has 5 heteroatoms. The molecule has 0 radical (unpaired) electrons. The van der Waals surface area contributed by atoms with Crippen LogP contribution >= 0.6 is 0 Å². The molecule has 1 rings (SSSR count). The van der Waals surface area contributed by atoms with Crippen molar-refractivity contribution in [2.45, 2.75) is 26.7 Å². The van der Waals surface area contributed by atoms with E-state index in [4.69, 9.17) is 0 Å². The van der Waals surface area contributed by atoms with Gasteiger partial charge in [0.15, 0.2) is 0 Å². The Morgan fingerprint density at radius 2 is 2.19 bits per heavy atom. The lowest BCUT2D eigenvalue weighted by Gasteiger charge is -2.07. The first kappa shape index (κ1) is 12.4. The van der Waals surface area contributed by atoms with Crippen LogP contribution in [0.3, 0.4) is 0 Å². The average Bonchev–Trinajstić information content (AvgIpc) is 2.23. The number of nitro groups is 1. The monoisotopic (exact) mass is 226 g/mol. The van der Waals surface area contributed by atoms with Crippen LogP contribution < -0.4 is 5.32 Å². The van der Waals surface area contributed by atoms with Crippen LogP contribution in [0.25, 0.3) is 0 Å². The average molecular weight is 226 g/mol. The molecule has 0 atom stereocenters. The molecule has 0 saturated carbocycles. The molecular weight excluding hydrogens is 211 g/mol. The van der Waals surface area contributed by atoms with E-state index in [0.29, 0.717) is 17.8 Å². The second-order valence-corrected chi connectivity index (χ2v) is 3.66. The molecule has 0 amide bonds. The van der Waals surface area contributed by atoms with Gasteiger partial charge in [-0.15, -0.1) is 0 Å². The van der Waals surface area contributed by atoms with Crippen molar-refractivity contribution in [3.63, 3.8) is 0 Å². The number of unbranched alkanes of at least 4 members (excludes halogenated alkanes) is 1. The Morgan fingerprint density at radius 3 is 2.75 bits per heavy atom.